The van der Waals surface area contributed by atoms with E-state index < -0.39 is 0 Å². The van der Waals surface area contributed by atoms with Crippen LogP contribution in [0.4, 0.5) is 0 Å². The Morgan fingerprint density at radius 2 is 2.05 bits per heavy atom. The zero-order valence-electron chi connectivity index (χ0n) is 12.4. The lowest BCUT2D eigenvalue weighted by atomic mass is 9.71. The second kappa shape index (κ2) is 8.51. The highest BCUT2D eigenvalue weighted by molar-refractivity contribution is 9.11. The molecule has 1 saturated carbocycles. The molecule has 0 unspecified atom stereocenters. The molecule has 0 radical (unpaired) electrons. The van der Waals surface area contributed by atoms with Crippen LogP contribution in [-0.4, -0.2) is 24.4 Å². The van der Waals surface area contributed by atoms with Crippen molar-refractivity contribution < 1.29 is 4.79 Å². The summed E-state index contributed by atoms with van der Waals surface area (Å²) in [4.78, 5) is 15.5. The van der Waals surface area contributed by atoms with Crippen molar-refractivity contribution in [1.82, 2.24) is 4.90 Å². The van der Waals surface area contributed by atoms with Crippen molar-refractivity contribution in [2.24, 2.45) is 11.1 Å². The quantitative estimate of drug-likeness (QED) is 0.812. The van der Waals surface area contributed by atoms with Crippen molar-refractivity contribution in [3.8, 4) is 0 Å². The molecule has 1 aliphatic carbocycles. The van der Waals surface area contributed by atoms with Gasteiger partial charge in [-0.1, -0.05) is 19.3 Å². The Morgan fingerprint density at radius 3 is 2.57 bits per heavy atom. The van der Waals surface area contributed by atoms with Crippen molar-refractivity contribution in [3.05, 3.63) is 20.8 Å². The zero-order valence-corrected chi connectivity index (χ0v) is 15.7. The van der Waals surface area contributed by atoms with Crippen molar-refractivity contribution >= 4 is 45.6 Å². The van der Waals surface area contributed by atoms with Gasteiger partial charge in [-0.2, -0.15) is 0 Å². The number of nitrogens with two attached hydrogens (primary N) is 1. The molecule has 1 amide bonds. The molecule has 0 atom stereocenters. The molecule has 0 aliphatic heterocycles. The fourth-order valence-electron chi connectivity index (χ4n) is 2.97. The average Bonchev–Trinajstić information content (AvgIpc) is 2.85. The van der Waals surface area contributed by atoms with Crippen LogP contribution in [0.15, 0.2) is 15.9 Å². The van der Waals surface area contributed by atoms with E-state index in [2.05, 4.69) is 22.0 Å². The summed E-state index contributed by atoms with van der Waals surface area (Å²) in [6.07, 6.45) is 6.53. The summed E-state index contributed by atoms with van der Waals surface area (Å²) in [5.41, 5.74) is 6.02. The smallest absolute Gasteiger partial charge is 0.223 e. The fourth-order valence-corrected chi connectivity index (χ4v) is 4.51. The SMILES string of the molecule is CN(Cc1ccc(Br)s1)C(=O)CC1(CN)CCCCC1.Cl. The summed E-state index contributed by atoms with van der Waals surface area (Å²) in [6, 6.07) is 4.10. The van der Waals surface area contributed by atoms with E-state index in [1.54, 1.807) is 11.3 Å². The van der Waals surface area contributed by atoms with Crippen LogP contribution in [-0.2, 0) is 11.3 Å². The molecule has 0 aromatic carbocycles. The standard InChI is InChI=1S/C15H23BrN2OS.ClH/c1-18(10-12-5-6-13(16)20-12)14(19)9-15(11-17)7-3-2-4-8-15;/h5-6H,2-4,7-11,17H2,1H3;1H. The number of nitrogens with zero attached hydrogens (tertiary/aromatic N) is 1. The number of carbonyl (C=O) groups is 1. The molecule has 1 fully saturated rings. The van der Waals surface area contributed by atoms with Gasteiger partial charge in [-0.05, 0) is 52.9 Å². The second-order valence-electron chi connectivity index (χ2n) is 5.90. The Bertz CT molecular complexity index is 460. The Kier molecular flexibility index (Phi) is 7.68. The van der Waals surface area contributed by atoms with Crippen LogP contribution < -0.4 is 5.73 Å². The molecule has 1 heterocycles. The monoisotopic (exact) mass is 394 g/mol. The maximum absolute atomic E-state index is 12.4. The van der Waals surface area contributed by atoms with E-state index in [-0.39, 0.29) is 23.7 Å². The molecular weight excluding hydrogens is 372 g/mol. The van der Waals surface area contributed by atoms with Gasteiger partial charge in [-0.3, -0.25) is 4.79 Å². The van der Waals surface area contributed by atoms with Gasteiger partial charge in [0, 0.05) is 18.3 Å². The number of hydrogen-bond acceptors (Lipinski definition) is 3. The third kappa shape index (κ3) is 5.23. The van der Waals surface area contributed by atoms with E-state index >= 15 is 0 Å². The first-order valence-corrected chi connectivity index (χ1v) is 8.84. The molecule has 1 aromatic heterocycles. The highest BCUT2D eigenvalue weighted by Crippen LogP contribution is 2.38. The molecule has 3 nitrogen and oxygen atoms in total. The molecule has 2 N–H and O–H groups in total. The highest BCUT2D eigenvalue weighted by atomic mass is 79.9. The topological polar surface area (TPSA) is 46.3 Å². The van der Waals surface area contributed by atoms with Gasteiger partial charge >= 0.3 is 0 Å². The zero-order chi connectivity index (χ0) is 14.6. The molecule has 0 spiro atoms. The normalized spacial score (nSPS) is 17.1. The van der Waals surface area contributed by atoms with Gasteiger partial charge in [0.2, 0.25) is 5.91 Å². The molecule has 21 heavy (non-hydrogen) atoms. The molecule has 1 aliphatic rings. The maximum Gasteiger partial charge on any atom is 0.223 e. The molecule has 0 saturated heterocycles. The van der Waals surface area contributed by atoms with Crippen molar-refractivity contribution in [1.29, 1.82) is 0 Å². The van der Waals surface area contributed by atoms with Crippen LogP contribution in [0.3, 0.4) is 0 Å². The lowest BCUT2D eigenvalue weighted by Crippen LogP contribution is -2.39. The van der Waals surface area contributed by atoms with E-state index in [1.165, 1.54) is 24.1 Å². The largest absolute Gasteiger partial charge is 0.341 e. The van der Waals surface area contributed by atoms with E-state index in [1.807, 2.05) is 18.0 Å². The van der Waals surface area contributed by atoms with Crippen molar-refractivity contribution in [2.75, 3.05) is 13.6 Å². The van der Waals surface area contributed by atoms with Gasteiger partial charge in [-0.15, -0.1) is 23.7 Å². The lowest BCUT2D eigenvalue weighted by Gasteiger charge is -2.36. The second-order valence-corrected chi connectivity index (χ2v) is 8.44. The minimum atomic E-state index is 0. The third-order valence-corrected chi connectivity index (χ3v) is 5.93. The Labute approximate surface area is 145 Å². The Hall–Kier alpha value is -0.100. The number of amides is 1. The van der Waals surface area contributed by atoms with Crippen LogP contribution >= 0.6 is 39.7 Å². The number of thiophene rings is 1. The molecule has 2 rings (SSSR count). The summed E-state index contributed by atoms with van der Waals surface area (Å²) >= 11 is 5.14. The first-order chi connectivity index (χ1) is 9.54. The van der Waals surface area contributed by atoms with Crippen LogP contribution in [0.25, 0.3) is 0 Å². The summed E-state index contributed by atoms with van der Waals surface area (Å²) in [5, 5.41) is 0. The molecule has 120 valence electrons. The van der Waals surface area contributed by atoms with Crippen LogP contribution in [0, 0.1) is 5.41 Å². The van der Waals surface area contributed by atoms with Gasteiger partial charge < -0.3 is 10.6 Å². The van der Waals surface area contributed by atoms with E-state index in [9.17, 15) is 4.79 Å². The molecule has 1 aromatic rings. The predicted molar refractivity (Wildman–Crippen MR) is 94.9 cm³/mol. The van der Waals surface area contributed by atoms with Gasteiger partial charge in [0.05, 0.1) is 10.3 Å². The molecule has 0 bridgehead atoms. The minimum absolute atomic E-state index is 0. The number of hydrogen-bond donors (Lipinski definition) is 1. The summed E-state index contributed by atoms with van der Waals surface area (Å²) in [5.74, 6) is 0.224. The van der Waals surface area contributed by atoms with Crippen LogP contribution in [0.5, 0.6) is 0 Å². The van der Waals surface area contributed by atoms with Crippen LogP contribution in [0.2, 0.25) is 0 Å². The van der Waals surface area contributed by atoms with E-state index in [4.69, 9.17) is 5.73 Å². The lowest BCUT2D eigenvalue weighted by molar-refractivity contribution is -0.133. The van der Waals surface area contributed by atoms with Crippen molar-refractivity contribution in [3.63, 3.8) is 0 Å². The molecular formula is C15H24BrClN2OS. The fraction of sp³-hybridized carbons (Fsp3) is 0.667. The van der Waals surface area contributed by atoms with Crippen molar-refractivity contribution in [2.45, 2.75) is 45.1 Å². The molecule has 6 heteroatoms. The van der Waals surface area contributed by atoms with Gasteiger partial charge in [0.1, 0.15) is 0 Å². The Morgan fingerprint density at radius 1 is 1.38 bits per heavy atom. The van der Waals surface area contributed by atoms with Gasteiger partial charge in [-0.25, -0.2) is 0 Å². The summed E-state index contributed by atoms with van der Waals surface area (Å²) in [7, 11) is 1.89. The maximum atomic E-state index is 12.4. The number of rotatable bonds is 5. The average molecular weight is 396 g/mol. The van der Waals surface area contributed by atoms with Crippen LogP contribution in [0.1, 0.15) is 43.4 Å². The highest BCUT2D eigenvalue weighted by Gasteiger charge is 2.33. The minimum Gasteiger partial charge on any atom is -0.341 e. The predicted octanol–water partition coefficient (Wildman–Crippen LogP) is 4.19. The summed E-state index contributed by atoms with van der Waals surface area (Å²) in [6.45, 7) is 1.33. The van der Waals surface area contributed by atoms with Gasteiger partial charge in [0.25, 0.3) is 0 Å². The summed E-state index contributed by atoms with van der Waals surface area (Å²) < 4.78 is 1.11. The number of halogens is 2. The first-order valence-electron chi connectivity index (χ1n) is 7.23. The first kappa shape index (κ1) is 18.9. The van der Waals surface area contributed by atoms with E-state index in [0.29, 0.717) is 19.5 Å². The van der Waals surface area contributed by atoms with E-state index in [0.717, 1.165) is 16.6 Å². The Balaban J connectivity index is 0.00000220. The van der Waals surface area contributed by atoms with Gasteiger partial charge in [0.15, 0.2) is 0 Å². The number of carbonyl (C=O) groups excluding carboxylic acids is 1. The third-order valence-electron chi connectivity index (χ3n) is 4.32.